The summed E-state index contributed by atoms with van der Waals surface area (Å²) in [6.07, 6.45) is 1.61. The molecule has 0 aliphatic carbocycles. The predicted octanol–water partition coefficient (Wildman–Crippen LogP) is 6.14. The summed E-state index contributed by atoms with van der Waals surface area (Å²) in [5, 5.41) is 13.0. The van der Waals surface area contributed by atoms with Gasteiger partial charge in [-0.15, -0.1) is 0 Å². The normalized spacial score (nSPS) is 13.7. The second-order valence-corrected chi connectivity index (χ2v) is 12.3. The molecule has 0 spiro atoms. The number of hydrogen-bond acceptors (Lipinski definition) is 8. The van der Waals surface area contributed by atoms with Crippen LogP contribution in [0, 0.1) is 25.2 Å². The number of aromatic nitrogens is 5. The number of rotatable bonds is 6. The molecule has 48 heavy (non-hydrogen) atoms. The van der Waals surface area contributed by atoms with Crippen molar-refractivity contribution in [3.05, 3.63) is 130 Å². The van der Waals surface area contributed by atoms with Crippen LogP contribution in [0.3, 0.4) is 0 Å². The molecule has 10 nitrogen and oxygen atoms in total. The summed E-state index contributed by atoms with van der Waals surface area (Å²) in [7, 11) is 0. The van der Waals surface area contributed by atoms with Crippen molar-refractivity contribution in [2.45, 2.75) is 20.4 Å². The van der Waals surface area contributed by atoms with Crippen LogP contribution in [-0.2, 0) is 6.54 Å². The van der Waals surface area contributed by atoms with Gasteiger partial charge in [0.2, 0.25) is 11.7 Å². The van der Waals surface area contributed by atoms with Crippen molar-refractivity contribution < 1.29 is 0 Å². The van der Waals surface area contributed by atoms with Crippen LogP contribution in [0.4, 0.5) is 17.3 Å². The molecule has 1 N–H and O–H groups in total. The molecule has 4 heterocycles. The van der Waals surface area contributed by atoms with E-state index in [0.717, 1.165) is 71.9 Å². The Hall–Kier alpha value is -6.05. The van der Waals surface area contributed by atoms with Gasteiger partial charge in [0.05, 0.1) is 28.4 Å². The minimum Gasteiger partial charge on any atom is -0.369 e. The smallest absolute Gasteiger partial charge is 0.270 e. The van der Waals surface area contributed by atoms with Gasteiger partial charge >= 0.3 is 0 Å². The molecule has 0 amide bonds. The molecule has 0 saturated carbocycles. The summed E-state index contributed by atoms with van der Waals surface area (Å²) in [4.78, 5) is 33.3. The Bertz CT molecular complexity index is 2410. The van der Waals surface area contributed by atoms with Gasteiger partial charge in [-0.1, -0.05) is 42.5 Å². The monoisotopic (exact) mass is 631 g/mol. The van der Waals surface area contributed by atoms with Crippen LogP contribution < -0.4 is 15.8 Å². The van der Waals surface area contributed by atoms with E-state index in [0.29, 0.717) is 28.3 Å². The summed E-state index contributed by atoms with van der Waals surface area (Å²) >= 11 is 0. The van der Waals surface area contributed by atoms with Crippen molar-refractivity contribution in [3.8, 4) is 11.8 Å². The molecule has 0 unspecified atom stereocenters. The molecule has 7 aromatic rings. The van der Waals surface area contributed by atoms with Crippen LogP contribution in [0.5, 0.6) is 0 Å². The Morgan fingerprint density at radius 1 is 0.854 bits per heavy atom. The summed E-state index contributed by atoms with van der Waals surface area (Å²) in [6.45, 7) is 8.60. The van der Waals surface area contributed by atoms with E-state index in [4.69, 9.17) is 9.97 Å². The molecule has 1 fully saturated rings. The number of para-hydroxylation sites is 3. The number of fused-ring (bicyclic) bond motifs is 5. The third-order valence-electron chi connectivity index (χ3n) is 9.14. The zero-order valence-corrected chi connectivity index (χ0v) is 26.8. The van der Waals surface area contributed by atoms with Gasteiger partial charge < -0.3 is 10.2 Å². The SMILES string of the molecule is Cc1cccc(C)c1-n1c(=O)c2cnc(Nc3ccc(N4CCN(Cc5cccc(C#N)c5)CC4)cc3)nc2n2c3ccccc3nc12. The highest BCUT2D eigenvalue weighted by Gasteiger charge is 2.21. The molecule has 0 atom stereocenters. The lowest BCUT2D eigenvalue weighted by molar-refractivity contribution is 0.250. The number of aryl methyl sites for hydroxylation is 2. The largest absolute Gasteiger partial charge is 0.369 e. The second kappa shape index (κ2) is 12.0. The molecule has 1 saturated heterocycles. The van der Waals surface area contributed by atoms with Crippen molar-refractivity contribution >= 4 is 45.2 Å². The maximum absolute atomic E-state index is 14.1. The van der Waals surface area contributed by atoms with Crippen molar-refractivity contribution in [1.29, 1.82) is 5.26 Å². The summed E-state index contributed by atoms with van der Waals surface area (Å²) in [6, 6.07) is 32.2. The van der Waals surface area contributed by atoms with Crippen LogP contribution in [0.15, 0.2) is 102 Å². The molecule has 4 aromatic carbocycles. The fourth-order valence-corrected chi connectivity index (χ4v) is 6.74. The lowest BCUT2D eigenvalue weighted by atomic mass is 10.1. The average molecular weight is 632 g/mol. The van der Waals surface area contributed by atoms with Gasteiger partial charge in [0.1, 0.15) is 5.39 Å². The average Bonchev–Trinajstić information content (AvgIpc) is 3.50. The van der Waals surface area contributed by atoms with Crippen molar-refractivity contribution in [1.82, 2.24) is 28.8 Å². The lowest BCUT2D eigenvalue weighted by Gasteiger charge is -2.36. The maximum Gasteiger partial charge on any atom is 0.270 e. The number of benzene rings is 4. The molecular weight excluding hydrogens is 598 g/mol. The third kappa shape index (κ3) is 5.20. The highest BCUT2D eigenvalue weighted by atomic mass is 16.1. The van der Waals surface area contributed by atoms with Gasteiger partial charge in [0.25, 0.3) is 5.56 Å². The quantitative estimate of drug-likeness (QED) is 0.234. The van der Waals surface area contributed by atoms with Gasteiger partial charge in [0.15, 0.2) is 5.65 Å². The first kappa shape index (κ1) is 29.4. The van der Waals surface area contributed by atoms with E-state index >= 15 is 0 Å². The van der Waals surface area contributed by atoms with Gasteiger partial charge in [-0.3, -0.25) is 14.1 Å². The Balaban J connectivity index is 1.06. The number of nitrogens with one attached hydrogen (secondary N) is 1. The predicted molar refractivity (Wildman–Crippen MR) is 189 cm³/mol. The van der Waals surface area contributed by atoms with Gasteiger partial charge in [-0.25, -0.2) is 14.5 Å². The number of anilines is 3. The van der Waals surface area contributed by atoms with Crippen molar-refractivity contribution in [3.63, 3.8) is 0 Å². The number of nitrogens with zero attached hydrogens (tertiary/aromatic N) is 8. The number of imidazole rings is 1. The minimum atomic E-state index is -0.211. The molecule has 1 aliphatic rings. The number of nitriles is 1. The minimum absolute atomic E-state index is 0.211. The van der Waals surface area contributed by atoms with E-state index < -0.39 is 0 Å². The highest BCUT2D eigenvalue weighted by Crippen LogP contribution is 2.27. The van der Waals surface area contributed by atoms with E-state index in [9.17, 15) is 10.1 Å². The first-order valence-electron chi connectivity index (χ1n) is 16.1. The second-order valence-electron chi connectivity index (χ2n) is 12.3. The molecule has 0 bridgehead atoms. The summed E-state index contributed by atoms with van der Waals surface area (Å²) in [5.74, 6) is 0.906. The Morgan fingerprint density at radius 3 is 2.38 bits per heavy atom. The molecule has 10 heteroatoms. The van der Waals surface area contributed by atoms with Gasteiger partial charge in [-0.05, 0) is 79.1 Å². The van der Waals surface area contributed by atoms with Crippen LogP contribution in [-0.4, -0.2) is 55.0 Å². The zero-order chi connectivity index (χ0) is 32.8. The Kier molecular flexibility index (Phi) is 7.31. The Morgan fingerprint density at radius 2 is 1.60 bits per heavy atom. The first-order valence-corrected chi connectivity index (χ1v) is 16.1. The lowest BCUT2D eigenvalue weighted by Crippen LogP contribution is -2.45. The number of piperazine rings is 1. The maximum atomic E-state index is 14.1. The standard InChI is InChI=1S/C38H33N9O/c1-25-7-5-8-26(2)34(25)47-36(48)31-23-40-37(43-35(31)46-33-12-4-3-11-32(33)42-38(46)47)41-29-13-15-30(16-14-29)45-19-17-44(18-20-45)24-28-10-6-9-27(21-28)22-39/h3-16,21,23H,17-20,24H2,1-2H3,(H,40,41,43). The fourth-order valence-electron chi connectivity index (χ4n) is 6.74. The Labute approximate surface area is 277 Å². The third-order valence-corrected chi connectivity index (χ3v) is 9.14. The summed E-state index contributed by atoms with van der Waals surface area (Å²) in [5.41, 5.74) is 8.60. The highest BCUT2D eigenvalue weighted by molar-refractivity contribution is 5.88. The number of hydrogen-bond donors (Lipinski definition) is 1. The van der Waals surface area contributed by atoms with Gasteiger partial charge in [-0.2, -0.15) is 10.2 Å². The first-order chi connectivity index (χ1) is 23.5. The topological polar surface area (TPSA) is 107 Å². The molecule has 236 valence electrons. The van der Waals surface area contributed by atoms with E-state index in [1.807, 2.05) is 91.0 Å². The van der Waals surface area contributed by atoms with E-state index in [2.05, 4.69) is 44.4 Å². The van der Waals surface area contributed by atoms with E-state index in [1.165, 1.54) is 5.56 Å². The molecule has 3 aromatic heterocycles. The van der Waals surface area contributed by atoms with E-state index in [-0.39, 0.29) is 5.56 Å². The van der Waals surface area contributed by atoms with Gasteiger partial charge in [0, 0.05) is 50.3 Å². The zero-order valence-electron chi connectivity index (χ0n) is 26.8. The molecule has 1 aliphatic heterocycles. The molecule has 0 radical (unpaired) electrons. The van der Waals surface area contributed by atoms with Crippen LogP contribution in [0.25, 0.3) is 33.5 Å². The molecular formula is C38H33N9O. The van der Waals surface area contributed by atoms with E-state index in [1.54, 1.807) is 10.8 Å². The van der Waals surface area contributed by atoms with Crippen LogP contribution in [0.2, 0.25) is 0 Å². The van der Waals surface area contributed by atoms with Crippen LogP contribution >= 0.6 is 0 Å². The van der Waals surface area contributed by atoms with Crippen LogP contribution in [0.1, 0.15) is 22.3 Å². The van der Waals surface area contributed by atoms with Crippen molar-refractivity contribution in [2.75, 3.05) is 36.4 Å². The molecule has 8 rings (SSSR count). The summed E-state index contributed by atoms with van der Waals surface area (Å²) < 4.78 is 3.64. The fraction of sp³-hybridized carbons (Fsp3) is 0.184. The van der Waals surface area contributed by atoms with Crippen molar-refractivity contribution in [2.24, 2.45) is 0 Å².